The highest BCUT2D eigenvalue weighted by Gasteiger charge is 2.16. The molecule has 0 fully saturated rings. The minimum atomic E-state index is 0.396. The van der Waals surface area contributed by atoms with Crippen LogP contribution < -0.4 is 10.6 Å². The van der Waals surface area contributed by atoms with Crippen LogP contribution in [0.5, 0.6) is 0 Å². The van der Waals surface area contributed by atoms with Crippen molar-refractivity contribution in [3.63, 3.8) is 0 Å². The largest absolute Gasteiger partial charge is 0.367 e. The normalized spacial score (nSPS) is 12.6. The number of rotatable bonds is 7. The van der Waals surface area contributed by atoms with Gasteiger partial charge in [-0.2, -0.15) is 4.98 Å². The molecule has 0 aliphatic rings. The predicted octanol–water partition coefficient (Wildman–Crippen LogP) is 4.30. The third kappa shape index (κ3) is 3.63. The number of hydrogen-bond donors (Lipinski definition) is 2. The molecule has 2 N–H and O–H groups in total. The number of nitrogens with one attached hydrogen (secondary N) is 2. The standard InChI is InChI=1S/C17H26N4/c1-5-13(6-2)12(4)19-16-14-10-8-9-11-15(14)20-17(21-16)18-7-3/h8-13H,5-7H2,1-4H3,(H2,18,19,20,21). The van der Waals surface area contributed by atoms with Crippen LogP contribution in [0.2, 0.25) is 0 Å². The van der Waals surface area contributed by atoms with Crippen LogP contribution in [0, 0.1) is 5.92 Å². The monoisotopic (exact) mass is 286 g/mol. The molecular weight excluding hydrogens is 260 g/mol. The topological polar surface area (TPSA) is 49.8 Å². The van der Waals surface area contributed by atoms with E-state index in [2.05, 4.69) is 54.4 Å². The van der Waals surface area contributed by atoms with E-state index in [-0.39, 0.29) is 0 Å². The van der Waals surface area contributed by atoms with E-state index in [0.29, 0.717) is 17.9 Å². The van der Waals surface area contributed by atoms with Gasteiger partial charge in [-0.25, -0.2) is 4.98 Å². The lowest BCUT2D eigenvalue weighted by Crippen LogP contribution is -2.26. The van der Waals surface area contributed by atoms with Crippen molar-refractivity contribution >= 4 is 22.7 Å². The Morgan fingerprint density at radius 2 is 1.76 bits per heavy atom. The van der Waals surface area contributed by atoms with Crippen molar-refractivity contribution in [2.45, 2.75) is 46.6 Å². The highest BCUT2D eigenvalue weighted by atomic mass is 15.1. The van der Waals surface area contributed by atoms with Crippen molar-refractivity contribution in [3.8, 4) is 0 Å². The van der Waals surface area contributed by atoms with E-state index in [4.69, 9.17) is 0 Å². The number of anilines is 2. The number of para-hydroxylation sites is 1. The van der Waals surface area contributed by atoms with Crippen LogP contribution in [0.3, 0.4) is 0 Å². The van der Waals surface area contributed by atoms with Crippen LogP contribution >= 0.6 is 0 Å². The fraction of sp³-hybridized carbons (Fsp3) is 0.529. The van der Waals surface area contributed by atoms with E-state index < -0.39 is 0 Å². The van der Waals surface area contributed by atoms with Gasteiger partial charge in [-0.1, -0.05) is 38.8 Å². The van der Waals surface area contributed by atoms with Crippen molar-refractivity contribution < 1.29 is 0 Å². The van der Waals surface area contributed by atoms with E-state index in [1.54, 1.807) is 0 Å². The molecule has 0 saturated heterocycles. The molecule has 4 heteroatoms. The average Bonchev–Trinajstić information content (AvgIpc) is 2.49. The first kappa shape index (κ1) is 15.5. The summed E-state index contributed by atoms with van der Waals surface area (Å²) in [5.41, 5.74) is 0.975. The van der Waals surface area contributed by atoms with Gasteiger partial charge in [0.2, 0.25) is 5.95 Å². The number of hydrogen-bond acceptors (Lipinski definition) is 4. The van der Waals surface area contributed by atoms with Gasteiger partial charge >= 0.3 is 0 Å². The van der Waals surface area contributed by atoms with Crippen molar-refractivity contribution in [1.29, 1.82) is 0 Å². The molecule has 0 aliphatic carbocycles. The average molecular weight is 286 g/mol. The maximum Gasteiger partial charge on any atom is 0.225 e. The lowest BCUT2D eigenvalue weighted by molar-refractivity contribution is 0.437. The van der Waals surface area contributed by atoms with E-state index in [1.807, 2.05) is 18.2 Å². The van der Waals surface area contributed by atoms with Gasteiger partial charge in [-0.3, -0.25) is 0 Å². The molecule has 2 rings (SSSR count). The molecule has 0 spiro atoms. The molecule has 1 aromatic heterocycles. The zero-order valence-corrected chi connectivity index (χ0v) is 13.5. The molecule has 1 heterocycles. The second-order valence-electron chi connectivity index (χ2n) is 5.45. The molecule has 2 aromatic rings. The lowest BCUT2D eigenvalue weighted by Gasteiger charge is -2.24. The molecule has 4 nitrogen and oxygen atoms in total. The van der Waals surface area contributed by atoms with Crippen LogP contribution in [0.1, 0.15) is 40.5 Å². The predicted molar refractivity (Wildman–Crippen MR) is 90.9 cm³/mol. The number of benzene rings is 1. The van der Waals surface area contributed by atoms with Gasteiger partial charge in [0.05, 0.1) is 5.52 Å². The molecule has 0 aliphatic heterocycles. The summed E-state index contributed by atoms with van der Waals surface area (Å²) in [4.78, 5) is 9.20. The first-order valence-corrected chi connectivity index (χ1v) is 7.96. The van der Waals surface area contributed by atoms with Crippen LogP contribution in [0.15, 0.2) is 24.3 Å². The Morgan fingerprint density at radius 3 is 2.43 bits per heavy atom. The fourth-order valence-corrected chi connectivity index (χ4v) is 2.75. The van der Waals surface area contributed by atoms with Gasteiger partial charge in [-0.15, -0.1) is 0 Å². The van der Waals surface area contributed by atoms with E-state index in [1.165, 1.54) is 12.8 Å². The molecule has 1 atom stereocenters. The SMILES string of the molecule is CCNc1nc(NC(C)C(CC)CC)c2ccccc2n1. The van der Waals surface area contributed by atoms with Gasteiger partial charge in [0.15, 0.2) is 0 Å². The third-order valence-corrected chi connectivity index (χ3v) is 4.06. The molecule has 0 amide bonds. The van der Waals surface area contributed by atoms with Gasteiger partial charge in [-0.05, 0) is 31.9 Å². The van der Waals surface area contributed by atoms with Crippen molar-refractivity contribution in [2.24, 2.45) is 5.92 Å². The summed E-state index contributed by atoms with van der Waals surface area (Å²) < 4.78 is 0. The molecule has 21 heavy (non-hydrogen) atoms. The Bertz CT molecular complexity index is 578. The Hall–Kier alpha value is -1.84. The van der Waals surface area contributed by atoms with Crippen molar-refractivity contribution in [3.05, 3.63) is 24.3 Å². The highest BCUT2D eigenvalue weighted by Crippen LogP contribution is 2.24. The molecular formula is C17H26N4. The zero-order valence-electron chi connectivity index (χ0n) is 13.5. The molecule has 114 valence electrons. The second-order valence-corrected chi connectivity index (χ2v) is 5.45. The molecule has 0 saturated carbocycles. The Kier molecular flexibility index (Phi) is 5.37. The van der Waals surface area contributed by atoms with Gasteiger partial charge in [0.25, 0.3) is 0 Å². The van der Waals surface area contributed by atoms with Crippen LogP contribution in [0.25, 0.3) is 10.9 Å². The minimum absolute atomic E-state index is 0.396. The van der Waals surface area contributed by atoms with E-state index in [0.717, 1.165) is 23.3 Å². The maximum absolute atomic E-state index is 4.65. The highest BCUT2D eigenvalue weighted by molar-refractivity contribution is 5.90. The molecule has 0 bridgehead atoms. The molecule has 1 unspecified atom stereocenters. The minimum Gasteiger partial charge on any atom is -0.367 e. The number of aromatic nitrogens is 2. The van der Waals surface area contributed by atoms with Crippen LogP contribution in [-0.4, -0.2) is 22.6 Å². The molecule has 0 radical (unpaired) electrons. The summed E-state index contributed by atoms with van der Waals surface area (Å²) in [6.45, 7) is 9.60. The summed E-state index contributed by atoms with van der Waals surface area (Å²) in [7, 11) is 0. The summed E-state index contributed by atoms with van der Waals surface area (Å²) in [6.07, 6.45) is 2.35. The summed E-state index contributed by atoms with van der Waals surface area (Å²) >= 11 is 0. The molecule has 1 aromatic carbocycles. The first-order chi connectivity index (χ1) is 10.2. The maximum atomic E-state index is 4.65. The van der Waals surface area contributed by atoms with E-state index >= 15 is 0 Å². The number of nitrogens with zero attached hydrogens (tertiary/aromatic N) is 2. The van der Waals surface area contributed by atoms with E-state index in [9.17, 15) is 0 Å². The van der Waals surface area contributed by atoms with Crippen LogP contribution in [-0.2, 0) is 0 Å². The van der Waals surface area contributed by atoms with Crippen molar-refractivity contribution in [2.75, 3.05) is 17.2 Å². The zero-order chi connectivity index (χ0) is 15.2. The van der Waals surface area contributed by atoms with Gasteiger partial charge in [0.1, 0.15) is 5.82 Å². The number of fused-ring (bicyclic) bond motifs is 1. The van der Waals surface area contributed by atoms with Gasteiger partial charge < -0.3 is 10.6 Å². The lowest BCUT2D eigenvalue weighted by atomic mass is 9.95. The van der Waals surface area contributed by atoms with Crippen LogP contribution in [0.4, 0.5) is 11.8 Å². The van der Waals surface area contributed by atoms with Crippen molar-refractivity contribution in [1.82, 2.24) is 9.97 Å². The van der Waals surface area contributed by atoms with Gasteiger partial charge in [0, 0.05) is 18.0 Å². The smallest absolute Gasteiger partial charge is 0.225 e. The fourth-order valence-electron chi connectivity index (χ4n) is 2.75. The summed E-state index contributed by atoms with van der Waals surface area (Å²) in [5, 5.41) is 7.88. The summed E-state index contributed by atoms with van der Waals surface area (Å²) in [5.74, 6) is 2.27. The second kappa shape index (κ2) is 7.25. The first-order valence-electron chi connectivity index (χ1n) is 7.96. The summed E-state index contributed by atoms with van der Waals surface area (Å²) in [6, 6.07) is 8.55. The Balaban J connectivity index is 2.36. The third-order valence-electron chi connectivity index (χ3n) is 4.06. The quantitative estimate of drug-likeness (QED) is 0.797. The Morgan fingerprint density at radius 1 is 1.05 bits per heavy atom. The Labute approximate surface area is 127 Å².